The number of aliphatic carboxylic acids is 1. The number of hydrogen-bond acceptors (Lipinski definition) is 3. The third-order valence-electron chi connectivity index (χ3n) is 3.73. The second-order valence-electron chi connectivity index (χ2n) is 5.80. The molecule has 1 aromatic heterocycles. The fourth-order valence-electron chi connectivity index (χ4n) is 2.24. The molecule has 2 rings (SSSR count). The second kappa shape index (κ2) is 5.81. The monoisotopic (exact) mass is 330 g/mol. The summed E-state index contributed by atoms with van der Waals surface area (Å²) in [7, 11) is 0. The van der Waals surface area contributed by atoms with E-state index in [0.29, 0.717) is 5.02 Å². The van der Waals surface area contributed by atoms with Gasteiger partial charge in [-0.05, 0) is 38.7 Å². The maximum Gasteiger partial charge on any atom is 0.311 e. The van der Waals surface area contributed by atoms with E-state index in [1.807, 2.05) is 0 Å². The molecule has 1 aliphatic carbocycles. The van der Waals surface area contributed by atoms with E-state index >= 15 is 0 Å². The molecule has 1 fully saturated rings. The van der Waals surface area contributed by atoms with Gasteiger partial charge in [0.15, 0.2) is 0 Å². The van der Waals surface area contributed by atoms with Crippen LogP contribution in [0.3, 0.4) is 0 Å². The number of halogens is 2. The van der Waals surface area contributed by atoms with E-state index in [2.05, 4.69) is 10.3 Å². The summed E-state index contributed by atoms with van der Waals surface area (Å²) in [5.41, 5.74) is -1.01. The fraction of sp³-hybridized carbons (Fsp3) is 0.500. The van der Waals surface area contributed by atoms with Gasteiger partial charge >= 0.3 is 5.97 Å². The van der Waals surface area contributed by atoms with Gasteiger partial charge in [-0.3, -0.25) is 9.59 Å². The number of carbonyl (C=O) groups is 2. The van der Waals surface area contributed by atoms with Crippen LogP contribution in [0.25, 0.3) is 0 Å². The van der Waals surface area contributed by atoms with Crippen LogP contribution in [-0.2, 0) is 4.79 Å². The van der Waals surface area contributed by atoms with Crippen LogP contribution < -0.4 is 5.32 Å². The molecular weight excluding hydrogens is 315 g/mol. The minimum Gasteiger partial charge on any atom is -0.481 e. The van der Waals surface area contributed by atoms with Crippen LogP contribution in [0.15, 0.2) is 12.3 Å². The number of aromatic nitrogens is 1. The van der Waals surface area contributed by atoms with E-state index in [1.165, 1.54) is 12.3 Å². The number of amides is 1. The van der Waals surface area contributed by atoms with Crippen LogP contribution in [-0.4, -0.2) is 28.0 Å². The summed E-state index contributed by atoms with van der Waals surface area (Å²) in [6.07, 6.45) is 3.14. The molecule has 0 spiro atoms. The second-order valence-corrected chi connectivity index (χ2v) is 6.64. The number of nitrogens with one attached hydrogen (secondary N) is 1. The molecule has 1 unspecified atom stereocenters. The van der Waals surface area contributed by atoms with Crippen LogP contribution in [0.4, 0.5) is 0 Å². The van der Waals surface area contributed by atoms with E-state index in [4.69, 9.17) is 23.2 Å². The minimum atomic E-state index is -1.06. The average molecular weight is 331 g/mol. The van der Waals surface area contributed by atoms with Crippen molar-refractivity contribution in [3.05, 3.63) is 28.0 Å². The van der Waals surface area contributed by atoms with Crippen molar-refractivity contribution in [3.8, 4) is 0 Å². The van der Waals surface area contributed by atoms with E-state index in [9.17, 15) is 14.7 Å². The van der Waals surface area contributed by atoms with Crippen molar-refractivity contribution in [2.24, 2.45) is 11.3 Å². The van der Waals surface area contributed by atoms with Crippen molar-refractivity contribution < 1.29 is 14.7 Å². The van der Waals surface area contributed by atoms with Gasteiger partial charge in [0.1, 0.15) is 5.69 Å². The highest BCUT2D eigenvalue weighted by Gasteiger charge is 2.46. The molecule has 1 atom stereocenters. The Kier molecular flexibility index (Phi) is 4.44. The van der Waals surface area contributed by atoms with Gasteiger partial charge in [0.2, 0.25) is 0 Å². The third kappa shape index (κ3) is 3.47. The lowest BCUT2D eigenvalue weighted by Crippen LogP contribution is -2.50. The number of carboxylic acid groups (broad SMARTS) is 1. The van der Waals surface area contributed by atoms with E-state index < -0.39 is 23.3 Å². The van der Waals surface area contributed by atoms with Crippen molar-refractivity contribution in [1.82, 2.24) is 10.3 Å². The molecule has 1 aliphatic rings. The van der Waals surface area contributed by atoms with Crippen LogP contribution in [0.1, 0.15) is 37.2 Å². The predicted octanol–water partition coefficient (Wildman–Crippen LogP) is 3.01. The molecule has 1 saturated carbocycles. The standard InChI is InChI=1S/C14H16Cl2N2O3/c1-14(2,13(20)21)11(7-3-4-7)18-12(19)10-9(16)5-8(15)6-17-10/h5-7,11H,3-4H2,1-2H3,(H,18,19)(H,20,21). The first-order valence-corrected chi connectivity index (χ1v) is 7.34. The van der Waals surface area contributed by atoms with E-state index in [-0.39, 0.29) is 16.6 Å². The quantitative estimate of drug-likeness (QED) is 0.869. The molecule has 1 amide bonds. The summed E-state index contributed by atoms with van der Waals surface area (Å²) in [4.78, 5) is 27.6. The van der Waals surface area contributed by atoms with Gasteiger partial charge in [-0.25, -0.2) is 4.98 Å². The molecule has 0 saturated heterocycles. The summed E-state index contributed by atoms with van der Waals surface area (Å²) in [5.74, 6) is -1.26. The number of hydrogen-bond donors (Lipinski definition) is 2. The van der Waals surface area contributed by atoms with Gasteiger partial charge in [0.25, 0.3) is 5.91 Å². The highest BCUT2D eigenvalue weighted by molar-refractivity contribution is 6.36. The van der Waals surface area contributed by atoms with Crippen molar-refractivity contribution in [2.45, 2.75) is 32.7 Å². The maximum atomic E-state index is 12.3. The Morgan fingerprint density at radius 3 is 2.52 bits per heavy atom. The zero-order valence-corrected chi connectivity index (χ0v) is 13.2. The first-order valence-electron chi connectivity index (χ1n) is 6.58. The molecule has 0 aliphatic heterocycles. The molecule has 1 heterocycles. The topological polar surface area (TPSA) is 79.3 Å². The van der Waals surface area contributed by atoms with E-state index in [0.717, 1.165) is 12.8 Å². The van der Waals surface area contributed by atoms with Crippen LogP contribution >= 0.6 is 23.2 Å². The maximum absolute atomic E-state index is 12.3. The zero-order chi connectivity index (χ0) is 15.8. The summed E-state index contributed by atoms with van der Waals surface area (Å²) < 4.78 is 0. The first kappa shape index (κ1) is 16.0. The summed E-state index contributed by atoms with van der Waals surface area (Å²) in [6, 6.07) is 0.968. The van der Waals surface area contributed by atoms with Crippen molar-refractivity contribution in [1.29, 1.82) is 0 Å². The number of carbonyl (C=O) groups excluding carboxylic acids is 1. The average Bonchev–Trinajstić information content (AvgIpc) is 3.19. The molecule has 0 aromatic carbocycles. The number of rotatable bonds is 5. The number of nitrogens with zero attached hydrogens (tertiary/aromatic N) is 1. The normalized spacial score (nSPS) is 16.4. The Balaban J connectivity index is 2.21. The predicted molar refractivity (Wildman–Crippen MR) is 79.7 cm³/mol. The Bertz CT molecular complexity index is 586. The smallest absolute Gasteiger partial charge is 0.311 e. The van der Waals surface area contributed by atoms with Gasteiger partial charge in [0.05, 0.1) is 15.5 Å². The zero-order valence-electron chi connectivity index (χ0n) is 11.7. The Morgan fingerprint density at radius 1 is 1.43 bits per heavy atom. The molecule has 0 radical (unpaired) electrons. The highest BCUT2D eigenvalue weighted by atomic mass is 35.5. The Morgan fingerprint density at radius 2 is 2.05 bits per heavy atom. The Labute approximate surface area is 132 Å². The lowest BCUT2D eigenvalue weighted by molar-refractivity contribution is -0.148. The number of carboxylic acids is 1. The largest absolute Gasteiger partial charge is 0.481 e. The molecule has 5 nitrogen and oxygen atoms in total. The molecule has 2 N–H and O–H groups in total. The van der Waals surface area contributed by atoms with E-state index in [1.54, 1.807) is 13.8 Å². The Hall–Kier alpha value is -1.33. The number of pyridine rings is 1. The summed E-state index contributed by atoms with van der Waals surface area (Å²) in [6.45, 7) is 3.21. The molecule has 0 bridgehead atoms. The van der Waals surface area contributed by atoms with Gasteiger partial charge in [-0.2, -0.15) is 0 Å². The van der Waals surface area contributed by atoms with Crippen LogP contribution in [0.2, 0.25) is 10.0 Å². The summed E-state index contributed by atoms with van der Waals surface area (Å²) >= 11 is 11.7. The van der Waals surface area contributed by atoms with Crippen molar-refractivity contribution in [3.63, 3.8) is 0 Å². The molecule has 7 heteroatoms. The van der Waals surface area contributed by atoms with Gasteiger partial charge in [-0.1, -0.05) is 23.2 Å². The highest BCUT2D eigenvalue weighted by Crippen LogP contribution is 2.41. The minimum absolute atomic E-state index is 0.0490. The van der Waals surface area contributed by atoms with Gasteiger partial charge < -0.3 is 10.4 Å². The molecule has 114 valence electrons. The molecular formula is C14H16Cl2N2O3. The SMILES string of the molecule is CC(C)(C(=O)O)C(NC(=O)c1ncc(Cl)cc1Cl)C1CC1. The lowest BCUT2D eigenvalue weighted by atomic mass is 9.81. The van der Waals surface area contributed by atoms with Crippen LogP contribution in [0.5, 0.6) is 0 Å². The van der Waals surface area contributed by atoms with Gasteiger partial charge in [-0.15, -0.1) is 0 Å². The molecule has 21 heavy (non-hydrogen) atoms. The van der Waals surface area contributed by atoms with Crippen molar-refractivity contribution in [2.75, 3.05) is 0 Å². The summed E-state index contributed by atoms with van der Waals surface area (Å²) in [5, 5.41) is 12.6. The van der Waals surface area contributed by atoms with Gasteiger partial charge in [0, 0.05) is 12.2 Å². The van der Waals surface area contributed by atoms with Crippen LogP contribution in [0, 0.1) is 11.3 Å². The fourth-order valence-corrected chi connectivity index (χ4v) is 2.71. The first-order chi connectivity index (χ1) is 9.73. The molecule has 1 aromatic rings. The third-order valence-corrected chi connectivity index (χ3v) is 4.23. The van der Waals surface area contributed by atoms with Crippen molar-refractivity contribution >= 4 is 35.1 Å². The lowest BCUT2D eigenvalue weighted by Gasteiger charge is -2.31.